The summed E-state index contributed by atoms with van der Waals surface area (Å²) in [5.74, 6) is 1.65. The van der Waals surface area contributed by atoms with Gasteiger partial charge in [0, 0.05) is 12.6 Å². The van der Waals surface area contributed by atoms with E-state index in [0.29, 0.717) is 5.82 Å². The minimum atomic E-state index is 0.551. The topological polar surface area (TPSA) is 56.7 Å². The van der Waals surface area contributed by atoms with E-state index in [2.05, 4.69) is 27.5 Å². The second-order valence-corrected chi connectivity index (χ2v) is 4.55. The molecule has 4 nitrogen and oxygen atoms in total. The minimum Gasteiger partial charge on any atom is -0.384 e. The molecule has 96 valence electrons. The van der Waals surface area contributed by atoms with Gasteiger partial charge in [-0.3, -0.25) is 0 Å². The monoisotopic (exact) mass is 252 g/mol. The number of aromatic nitrogens is 3. The number of aryl methyl sites for hydroxylation is 1. The van der Waals surface area contributed by atoms with Crippen LogP contribution in [0.2, 0.25) is 0 Å². The minimum absolute atomic E-state index is 0.551. The van der Waals surface area contributed by atoms with E-state index < -0.39 is 0 Å². The Morgan fingerprint density at radius 2 is 2.00 bits per heavy atom. The van der Waals surface area contributed by atoms with Crippen LogP contribution in [-0.4, -0.2) is 14.5 Å². The zero-order chi connectivity index (χ0) is 13.2. The number of nitrogens with two attached hydrogens (primary N) is 1. The van der Waals surface area contributed by atoms with E-state index in [4.69, 9.17) is 5.73 Å². The Labute approximate surface area is 111 Å². The molecular formula is C15H16N4. The summed E-state index contributed by atoms with van der Waals surface area (Å²) in [6, 6.07) is 12.1. The lowest BCUT2D eigenvalue weighted by Gasteiger charge is -2.08. The van der Waals surface area contributed by atoms with Crippen molar-refractivity contribution in [3.63, 3.8) is 0 Å². The van der Waals surface area contributed by atoms with Crippen LogP contribution in [0.4, 0.5) is 5.82 Å². The molecule has 2 N–H and O–H groups in total. The van der Waals surface area contributed by atoms with Crippen LogP contribution < -0.4 is 5.73 Å². The third-order valence-corrected chi connectivity index (χ3v) is 3.24. The molecule has 0 aliphatic carbocycles. The lowest BCUT2D eigenvalue weighted by molar-refractivity contribution is 0.751. The van der Waals surface area contributed by atoms with Crippen molar-refractivity contribution in [2.45, 2.75) is 19.9 Å². The Morgan fingerprint density at radius 1 is 1.16 bits per heavy atom. The van der Waals surface area contributed by atoms with Gasteiger partial charge in [-0.15, -0.1) is 0 Å². The van der Waals surface area contributed by atoms with Crippen LogP contribution in [0.25, 0.3) is 11.0 Å². The average molecular weight is 252 g/mol. The van der Waals surface area contributed by atoms with E-state index in [1.165, 1.54) is 0 Å². The fraction of sp³-hybridized carbons (Fsp3) is 0.200. The van der Waals surface area contributed by atoms with E-state index >= 15 is 0 Å². The van der Waals surface area contributed by atoms with Crippen LogP contribution in [0, 0.1) is 0 Å². The molecular weight excluding hydrogens is 236 g/mol. The molecule has 0 saturated carbocycles. The largest absolute Gasteiger partial charge is 0.384 e. The van der Waals surface area contributed by atoms with Gasteiger partial charge in [0.05, 0.1) is 17.6 Å². The molecule has 0 saturated heterocycles. The number of hydrogen-bond acceptors (Lipinski definition) is 3. The van der Waals surface area contributed by atoms with E-state index in [9.17, 15) is 0 Å². The Hall–Kier alpha value is -2.36. The molecule has 3 aromatic rings. The fourth-order valence-corrected chi connectivity index (χ4v) is 2.28. The Kier molecular flexibility index (Phi) is 2.91. The molecule has 0 amide bonds. The van der Waals surface area contributed by atoms with Crippen LogP contribution >= 0.6 is 0 Å². The highest BCUT2D eigenvalue weighted by molar-refractivity contribution is 5.76. The predicted octanol–water partition coefficient (Wildman–Crippen LogP) is 2.62. The number of nitrogens with zero attached hydrogens (tertiary/aromatic N) is 3. The number of fused-ring (bicyclic) bond motifs is 1. The van der Waals surface area contributed by atoms with Crippen LogP contribution in [-0.2, 0) is 13.0 Å². The first-order valence-corrected chi connectivity index (χ1v) is 6.42. The van der Waals surface area contributed by atoms with Gasteiger partial charge < -0.3 is 10.3 Å². The molecule has 0 unspecified atom stereocenters. The maximum atomic E-state index is 5.62. The number of para-hydroxylation sites is 2. The van der Waals surface area contributed by atoms with E-state index in [1.54, 1.807) is 0 Å². The number of imidazole rings is 1. The maximum Gasteiger partial charge on any atom is 0.123 e. The highest BCUT2D eigenvalue weighted by Gasteiger charge is 2.09. The quantitative estimate of drug-likeness (QED) is 0.779. The molecule has 0 bridgehead atoms. The highest BCUT2D eigenvalue weighted by Crippen LogP contribution is 2.18. The summed E-state index contributed by atoms with van der Waals surface area (Å²) < 4.78 is 2.24. The number of rotatable bonds is 3. The molecule has 0 atom stereocenters. The molecule has 0 spiro atoms. The molecule has 4 heteroatoms. The van der Waals surface area contributed by atoms with Crippen LogP contribution in [0.3, 0.4) is 0 Å². The first kappa shape index (κ1) is 11.7. The zero-order valence-corrected chi connectivity index (χ0v) is 10.9. The molecule has 0 fully saturated rings. The number of pyridine rings is 1. The van der Waals surface area contributed by atoms with E-state index in [-0.39, 0.29) is 0 Å². The number of nitrogen functional groups attached to an aromatic ring is 1. The van der Waals surface area contributed by atoms with Crippen molar-refractivity contribution < 1.29 is 0 Å². The second kappa shape index (κ2) is 4.72. The van der Waals surface area contributed by atoms with Gasteiger partial charge in [0.1, 0.15) is 11.6 Å². The summed E-state index contributed by atoms with van der Waals surface area (Å²) >= 11 is 0. The third-order valence-electron chi connectivity index (χ3n) is 3.24. The summed E-state index contributed by atoms with van der Waals surface area (Å²) in [4.78, 5) is 8.80. The molecule has 2 aromatic heterocycles. The van der Waals surface area contributed by atoms with E-state index in [0.717, 1.165) is 35.4 Å². The number of anilines is 1. The van der Waals surface area contributed by atoms with Gasteiger partial charge in [0.2, 0.25) is 0 Å². The first-order chi connectivity index (χ1) is 9.28. The Balaban J connectivity index is 2.06. The van der Waals surface area contributed by atoms with Gasteiger partial charge in [-0.25, -0.2) is 9.97 Å². The van der Waals surface area contributed by atoms with E-state index in [1.807, 2.05) is 36.5 Å². The fourth-order valence-electron chi connectivity index (χ4n) is 2.28. The lowest BCUT2D eigenvalue weighted by atomic mass is 10.2. The maximum absolute atomic E-state index is 5.62. The number of hydrogen-bond donors (Lipinski definition) is 1. The van der Waals surface area contributed by atoms with Gasteiger partial charge in [-0.2, -0.15) is 0 Å². The molecule has 2 heterocycles. The molecule has 0 aliphatic heterocycles. The standard InChI is InChI=1S/C15H16N4/c1-2-15-18-12-5-3-4-6-13(12)19(15)10-11-7-8-14(16)17-9-11/h3-9H,2,10H2,1H3,(H2,16,17). The van der Waals surface area contributed by atoms with Crippen molar-refractivity contribution in [3.05, 3.63) is 54.0 Å². The van der Waals surface area contributed by atoms with Crippen molar-refractivity contribution in [3.8, 4) is 0 Å². The van der Waals surface area contributed by atoms with Crippen LogP contribution in [0.5, 0.6) is 0 Å². The molecule has 0 aliphatic rings. The van der Waals surface area contributed by atoms with Gasteiger partial charge in [-0.1, -0.05) is 25.1 Å². The average Bonchev–Trinajstić information content (AvgIpc) is 2.79. The number of benzene rings is 1. The van der Waals surface area contributed by atoms with Gasteiger partial charge in [0.15, 0.2) is 0 Å². The summed E-state index contributed by atoms with van der Waals surface area (Å²) in [5, 5.41) is 0. The van der Waals surface area contributed by atoms with Crippen LogP contribution in [0.1, 0.15) is 18.3 Å². The molecule has 1 aromatic carbocycles. The highest BCUT2D eigenvalue weighted by atomic mass is 15.1. The first-order valence-electron chi connectivity index (χ1n) is 6.42. The van der Waals surface area contributed by atoms with Crippen molar-refractivity contribution in [1.29, 1.82) is 0 Å². The summed E-state index contributed by atoms with van der Waals surface area (Å²) in [6.45, 7) is 2.90. The van der Waals surface area contributed by atoms with Crippen LogP contribution in [0.15, 0.2) is 42.6 Å². The Morgan fingerprint density at radius 3 is 2.74 bits per heavy atom. The third kappa shape index (κ3) is 2.17. The van der Waals surface area contributed by atoms with Crippen molar-refractivity contribution >= 4 is 16.9 Å². The lowest BCUT2D eigenvalue weighted by Crippen LogP contribution is -2.05. The van der Waals surface area contributed by atoms with Gasteiger partial charge in [0.25, 0.3) is 0 Å². The smallest absolute Gasteiger partial charge is 0.123 e. The van der Waals surface area contributed by atoms with Crippen molar-refractivity contribution in [1.82, 2.24) is 14.5 Å². The molecule has 19 heavy (non-hydrogen) atoms. The Bertz CT molecular complexity index is 698. The molecule has 0 radical (unpaired) electrons. The summed E-state index contributed by atoms with van der Waals surface area (Å²) in [6.07, 6.45) is 2.74. The predicted molar refractivity (Wildman–Crippen MR) is 76.9 cm³/mol. The normalized spacial score (nSPS) is 11.0. The van der Waals surface area contributed by atoms with Crippen molar-refractivity contribution in [2.75, 3.05) is 5.73 Å². The summed E-state index contributed by atoms with van der Waals surface area (Å²) in [5.41, 5.74) is 8.96. The summed E-state index contributed by atoms with van der Waals surface area (Å²) in [7, 11) is 0. The van der Waals surface area contributed by atoms with Gasteiger partial charge in [-0.05, 0) is 23.8 Å². The van der Waals surface area contributed by atoms with Gasteiger partial charge >= 0.3 is 0 Å². The SMILES string of the molecule is CCc1nc2ccccc2n1Cc1ccc(N)nc1. The molecule has 3 rings (SSSR count). The van der Waals surface area contributed by atoms with Crippen molar-refractivity contribution in [2.24, 2.45) is 0 Å². The zero-order valence-electron chi connectivity index (χ0n) is 10.9. The second-order valence-electron chi connectivity index (χ2n) is 4.55.